The summed E-state index contributed by atoms with van der Waals surface area (Å²) in [5.41, 5.74) is -0.0704. The van der Waals surface area contributed by atoms with Crippen molar-refractivity contribution in [2.75, 3.05) is 18.0 Å². The van der Waals surface area contributed by atoms with Crippen molar-refractivity contribution in [3.05, 3.63) is 34.1 Å². The van der Waals surface area contributed by atoms with Crippen LogP contribution >= 0.6 is 0 Å². The lowest BCUT2D eigenvalue weighted by Gasteiger charge is -2.37. The number of hydrogen-bond donors (Lipinski definition) is 1. The van der Waals surface area contributed by atoms with Crippen LogP contribution in [0.1, 0.15) is 13.8 Å². The maximum atomic E-state index is 13.6. The minimum Gasteiger partial charge on any atom is -0.363 e. The smallest absolute Gasteiger partial charge is 0.327 e. The molecule has 0 saturated carbocycles. The van der Waals surface area contributed by atoms with Gasteiger partial charge < -0.3 is 10.2 Å². The van der Waals surface area contributed by atoms with Gasteiger partial charge in [0.15, 0.2) is 0 Å². The predicted octanol–water partition coefficient (Wildman–Crippen LogP) is 1.92. The summed E-state index contributed by atoms with van der Waals surface area (Å²) in [5, 5.41) is 14.3. The summed E-state index contributed by atoms with van der Waals surface area (Å²) in [7, 11) is 0. The number of anilines is 1. The second-order valence-electron chi connectivity index (χ2n) is 4.74. The molecule has 0 amide bonds. The number of benzene rings is 1. The maximum absolute atomic E-state index is 13.6. The second kappa shape index (κ2) is 4.89. The van der Waals surface area contributed by atoms with Crippen molar-refractivity contribution < 1.29 is 9.31 Å². The first-order valence-electron chi connectivity index (χ1n) is 5.93. The summed E-state index contributed by atoms with van der Waals surface area (Å²) in [6, 6.07) is 4.67. The molecule has 1 heterocycles. The summed E-state index contributed by atoms with van der Waals surface area (Å²) in [4.78, 5) is 12.2. The van der Waals surface area contributed by atoms with Gasteiger partial charge in [-0.3, -0.25) is 10.1 Å². The van der Waals surface area contributed by atoms with E-state index in [0.717, 1.165) is 6.07 Å². The van der Waals surface area contributed by atoms with E-state index in [1.54, 1.807) is 6.07 Å². The van der Waals surface area contributed by atoms with E-state index in [2.05, 4.69) is 5.32 Å². The number of rotatable bonds is 2. The third kappa shape index (κ3) is 2.43. The molecule has 1 aliphatic rings. The number of halogens is 1. The Kier molecular flexibility index (Phi) is 3.47. The molecule has 18 heavy (non-hydrogen) atoms. The zero-order chi connectivity index (χ0) is 13.3. The molecule has 1 aromatic rings. The van der Waals surface area contributed by atoms with Crippen LogP contribution in [-0.2, 0) is 0 Å². The number of nitro benzene ring substituents is 1. The van der Waals surface area contributed by atoms with E-state index < -0.39 is 16.4 Å². The van der Waals surface area contributed by atoms with E-state index in [4.69, 9.17) is 0 Å². The number of nitro groups is 1. The van der Waals surface area contributed by atoms with Crippen LogP contribution in [0.25, 0.3) is 0 Å². The molecular formula is C12H16FN3O2. The molecule has 0 radical (unpaired) electrons. The van der Waals surface area contributed by atoms with E-state index in [-0.39, 0.29) is 12.1 Å². The molecular weight excluding hydrogens is 237 g/mol. The Hall–Kier alpha value is -1.69. The van der Waals surface area contributed by atoms with Gasteiger partial charge in [0.25, 0.3) is 0 Å². The van der Waals surface area contributed by atoms with Crippen LogP contribution in [0.4, 0.5) is 15.8 Å². The SMILES string of the molecule is CC1CN(c2cccc(F)c2[N+](=O)[O-])CC(C)N1. The van der Waals surface area contributed by atoms with Crippen molar-refractivity contribution in [1.82, 2.24) is 5.32 Å². The molecule has 2 rings (SSSR count). The number of hydrogen-bond acceptors (Lipinski definition) is 4. The first-order valence-corrected chi connectivity index (χ1v) is 5.93. The van der Waals surface area contributed by atoms with Crippen LogP contribution in [0.15, 0.2) is 18.2 Å². The molecule has 0 spiro atoms. The zero-order valence-corrected chi connectivity index (χ0v) is 10.4. The van der Waals surface area contributed by atoms with Crippen molar-refractivity contribution in [1.29, 1.82) is 0 Å². The lowest BCUT2D eigenvalue weighted by molar-refractivity contribution is -0.386. The summed E-state index contributed by atoms with van der Waals surface area (Å²) in [6.45, 7) is 5.28. The molecule has 0 bridgehead atoms. The molecule has 1 saturated heterocycles. The molecule has 1 aromatic carbocycles. The third-order valence-electron chi connectivity index (χ3n) is 3.05. The highest BCUT2D eigenvalue weighted by Gasteiger charge is 2.28. The fourth-order valence-corrected chi connectivity index (χ4v) is 2.46. The zero-order valence-electron chi connectivity index (χ0n) is 10.4. The standard InChI is InChI=1S/C12H16FN3O2/c1-8-6-15(7-9(2)14-8)11-5-3-4-10(13)12(11)16(17)18/h3-5,8-9,14H,6-7H2,1-2H3. The van der Waals surface area contributed by atoms with E-state index in [1.807, 2.05) is 18.7 Å². The molecule has 6 heteroatoms. The number of para-hydroxylation sites is 1. The molecule has 2 unspecified atom stereocenters. The van der Waals surface area contributed by atoms with E-state index >= 15 is 0 Å². The van der Waals surface area contributed by atoms with Crippen molar-refractivity contribution in [3.63, 3.8) is 0 Å². The summed E-state index contributed by atoms with van der Waals surface area (Å²) in [6.07, 6.45) is 0. The van der Waals surface area contributed by atoms with Gasteiger partial charge >= 0.3 is 5.69 Å². The van der Waals surface area contributed by atoms with Gasteiger partial charge in [0.1, 0.15) is 5.69 Å². The van der Waals surface area contributed by atoms with Gasteiger partial charge in [-0.05, 0) is 26.0 Å². The highest BCUT2D eigenvalue weighted by Crippen LogP contribution is 2.31. The Labute approximate surface area is 105 Å². The van der Waals surface area contributed by atoms with Gasteiger partial charge in [0.05, 0.1) is 4.92 Å². The molecule has 1 aliphatic heterocycles. The molecule has 0 aromatic heterocycles. The summed E-state index contributed by atoms with van der Waals surface area (Å²) in [5.74, 6) is -0.781. The van der Waals surface area contributed by atoms with Crippen molar-refractivity contribution in [2.24, 2.45) is 0 Å². The van der Waals surface area contributed by atoms with Gasteiger partial charge in [-0.15, -0.1) is 0 Å². The Bertz CT molecular complexity index is 457. The van der Waals surface area contributed by atoms with Crippen molar-refractivity contribution in [3.8, 4) is 0 Å². The van der Waals surface area contributed by atoms with Crippen LogP contribution in [0.3, 0.4) is 0 Å². The van der Waals surface area contributed by atoms with E-state index in [9.17, 15) is 14.5 Å². The lowest BCUT2D eigenvalue weighted by Crippen LogP contribution is -2.54. The van der Waals surface area contributed by atoms with Crippen LogP contribution in [0, 0.1) is 15.9 Å². The molecule has 2 atom stereocenters. The predicted molar refractivity (Wildman–Crippen MR) is 67.3 cm³/mol. The Morgan fingerprint density at radius 1 is 1.39 bits per heavy atom. The monoisotopic (exact) mass is 253 g/mol. The first kappa shape index (κ1) is 12.8. The Balaban J connectivity index is 2.38. The molecule has 98 valence electrons. The van der Waals surface area contributed by atoms with Gasteiger partial charge in [-0.1, -0.05) is 6.07 Å². The molecule has 1 fully saturated rings. The number of nitrogens with one attached hydrogen (secondary N) is 1. The largest absolute Gasteiger partial charge is 0.363 e. The second-order valence-corrected chi connectivity index (χ2v) is 4.74. The van der Waals surface area contributed by atoms with Crippen molar-refractivity contribution in [2.45, 2.75) is 25.9 Å². The van der Waals surface area contributed by atoms with Gasteiger partial charge in [0.2, 0.25) is 5.82 Å². The first-order chi connectivity index (χ1) is 8.49. The maximum Gasteiger partial charge on any atom is 0.327 e. The molecule has 5 nitrogen and oxygen atoms in total. The Morgan fingerprint density at radius 3 is 2.56 bits per heavy atom. The third-order valence-corrected chi connectivity index (χ3v) is 3.05. The number of piperazine rings is 1. The summed E-state index contributed by atoms with van der Waals surface area (Å²) < 4.78 is 13.6. The number of nitrogens with zero attached hydrogens (tertiary/aromatic N) is 2. The lowest BCUT2D eigenvalue weighted by atomic mass is 10.1. The van der Waals surface area contributed by atoms with Crippen molar-refractivity contribution >= 4 is 11.4 Å². The highest BCUT2D eigenvalue weighted by atomic mass is 19.1. The molecule has 1 N–H and O–H groups in total. The van der Waals surface area contributed by atoms with Crippen LogP contribution < -0.4 is 10.2 Å². The van der Waals surface area contributed by atoms with Crippen LogP contribution in [0.2, 0.25) is 0 Å². The van der Waals surface area contributed by atoms with Gasteiger partial charge in [-0.25, -0.2) is 0 Å². The van der Waals surface area contributed by atoms with Crippen LogP contribution in [-0.4, -0.2) is 30.1 Å². The minimum atomic E-state index is -0.781. The van der Waals surface area contributed by atoms with Crippen LogP contribution in [0.5, 0.6) is 0 Å². The average molecular weight is 253 g/mol. The fraction of sp³-hybridized carbons (Fsp3) is 0.500. The summed E-state index contributed by atoms with van der Waals surface area (Å²) >= 11 is 0. The van der Waals surface area contributed by atoms with E-state index in [1.165, 1.54) is 6.07 Å². The quantitative estimate of drug-likeness (QED) is 0.646. The average Bonchev–Trinajstić information content (AvgIpc) is 2.26. The fourth-order valence-electron chi connectivity index (χ4n) is 2.46. The van der Waals surface area contributed by atoms with Gasteiger partial charge in [0, 0.05) is 25.2 Å². The Morgan fingerprint density at radius 2 is 2.00 bits per heavy atom. The topological polar surface area (TPSA) is 58.4 Å². The minimum absolute atomic E-state index is 0.219. The molecule has 0 aliphatic carbocycles. The van der Waals surface area contributed by atoms with E-state index in [0.29, 0.717) is 18.8 Å². The normalized spacial score (nSPS) is 24.1. The van der Waals surface area contributed by atoms with Gasteiger partial charge in [-0.2, -0.15) is 4.39 Å². The highest BCUT2D eigenvalue weighted by molar-refractivity contribution is 5.64.